The summed E-state index contributed by atoms with van der Waals surface area (Å²) in [4.78, 5) is 25.6. The van der Waals surface area contributed by atoms with E-state index in [4.69, 9.17) is 4.74 Å². The maximum absolute atomic E-state index is 12.1. The van der Waals surface area contributed by atoms with Crippen LogP contribution in [0.15, 0.2) is 18.2 Å². The van der Waals surface area contributed by atoms with E-state index in [0.29, 0.717) is 30.2 Å². The van der Waals surface area contributed by atoms with Crippen LogP contribution in [0.1, 0.15) is 33.1 Å². The SMILES string of the molecule is CCC(CC)C(=O)Nc1ccc2c(c1)N(C)C(=O)CCO2. The molecule has 1 aromatic carbocycles. The number of rotatable bonds is 4. The van der Waals surface area contributed by atoms with Crippen molar-refractivity contribution in [2.75, 3.05) is 23.9 Å². The molecule has 2 amide bonds. The molecule has 0 aliphatic carbocycles. The molecule has 2 rings (SSSR count). The van der Waals surface area contributed by atoms with Crippen molar-refractivity contribution in [1.29, 1.82) is 0 Å². The minimum absolute atomic E-state index is 0.0113. The first kappa shape index (κ1) is 15.4. The average molecular weight is 290 g/mol. The molecule has 0 saturated carbocycles. The zero-order valence-electron chi connectivity index (χ0n) is 12.8. The minimum atomic E-state index is 0.0113. The second-order valence-electron chi connectivity index (χ2n) is 5.24. The van der Waals surface area contributed by atoms with Gasteiger partial charge in [0.05, 0.1) is 18.7 Å². The lowest BCUT2D eigenvalue weighted by atomic mass is 10.0. The second kappa shape index (κ2) is 6.61. The summed E-state index contributed by atoms with van der Waals surface area (Å²) in [7, 11) is 1.72. The fourth-order valence-corrected chi connectivity index (χ4v) is 2.43. The van der Waals surface area contributed by atoms with Crippen LogP contribution < -0.4 is 15.0 Å². The number of amides is 2. The van der Waals surface area contributed by atoms with Gasteiger partial charge in [-0.3, -0.25) is 9.59 Å². The number of ether oxygens (including phenoxy) is 1. The van der Waals surface area contributed by atoms with Gasteiger partial charge in [-0.15, -0.1) is 0 Å². The van der Waals surface area contributed by atoms with Gasteiger partial charge in [-0.1, -0.05) is 13.8 Å². The van der Waals surface area contributed by atoms with Crippen LogP contribution in [0, 0.1) is 5.92 Å². The van der Waals surface area contributed by atoms with E-state index in [-0.39, 0.29) is 17.7 Å². The third-order valence-corrected chi connectivity index (χ3v) is 3.89. The van der Waals surface area contributed by atoms with Gasteiger partial charge in [0.2, 0.25) is 11.8 Å². The molecule has 0 fully saturated rings. The van der Waals surface area contributed by atoms with Crippen molar-refractivity contribution in [3.63, 3.8) is 0 Å². The highest BCUT2D eigenvalue weighted by Crippen LogP contribution is 2.33. The maximum atomic E-state index is 12.1. The number of benzene rings is 1. The van der Waals surface area contributed by atoms with E-state index in [2.05, 4.69) is 5.32 Å². The van der Waals surface area contributed by atoms with Crippen LogP contribution in [0.5, 0.6) is 5.75 Å². The number of anilines is 2. The predicted octanol–water partition coefficient (Wildman–Crippen LogP) is 2.81. The Hall–Kier alpha value is -2.04. The van der Waals surface area contributed by atoms with Gasteiger partial charge in [-0.2, -0.15) is 0 Å². The molecular formula is C16H22N2O3. The number of fused-ring (bicyclic) bond motifs is 1. The third kappa shape index (κ3) is 3.35. The average Bonchev–Trinajstić information content (AvgIpc) is 2.61. The zero-order chi connectivity index (χ0) is 15.4. The van der Waals surface area contributed by atoms with Gasteiger partial charge in [0.15, 0.2) is 0 Å². The van der Waals surface area contributed by atoms with Crippen LogP contribution in [0.25, 0.3) is 0 Å². The van der Waals surface area contributed by atoms with Gasteiger partial charge in [-0.05, 0) is 31.0 Å². The summed E-state index contributed by atoms with van der Waals surface area (Å²) in [5, 5.41) is 2.92. The zero-order valence-corrected chi connectivity index (χ0v) is 12.8. The molecule has 1 aliphatic rings. The normalized spacial score (nSPS) is 14.5. The number of carbonyl (C=O) groups is 2. The van der Waals surface area contributed by atoms with Crippen LogP contribution in [0.2, 0.25) is 0 Å². The molecule has 1 heterocycles. The Morgan fingerprint density at radius 3 is 2.76 bits per heavy atom. The first-order chi connectivity index (χ1) is 10.1. The van der Waals surface area contributed by atoms with Gasteiger partial charge in [0.1, 0.15) is 5.75 Å². The minimum Gasteiger partial charge on any atom is -0.491 e. The fourth-order valence-electron chi connectivity index (χ4n) is 2.43. The van der Waals surface area contributed by atoms with E-state index in [1.165, 1.54) is 0 Å². The standard InChI is InChI=1S/C16H22N2O3/c1-4-11(5-2)16(20)17-12-6-7-14-13(10-12)18(3)15(19)8-9-21-14/h6-7,10-11H,4-5,8-9H2,1-3H3,(H,17,20). The van der Waals surface area contributed by atoms with E-state index in [1.54, 1.807) is 24.1 Å². The molecule has 1 aromatic rings. The Balaban J connectivity index is 2.22. The van der Waals surface area contributed by atoms with Crippen molar-refractivity contribution in [2.24, 2.45) is 5.92 Å². The topological polar surface area (TPSA) is 58.6 Å². The number of hydrogen-bond donors (Lipinski definition) is 1. The lowest BCUT2D eigenvalue weighted by Crippen LogP contribution is -2.25. The lowest BCUT2D eigenvalue weighted by Gasteiger charge is -2.18. The molecule has 5 nitrogen and oxygen atoms in total. The molecule has 5 heteroatoms. The van der Waals surface area contributed by atoms with E-state index in [9.17, 15) is 9.59 Å². The predicted molar refractivity (Wildman–Crippen MR) is 82.7 cm³/mol. The molecule has 114 valence electrons. The number of nitrogens with one attached hydrogen (secondary N) is 1. The third-order valence-electron chi connectivity index (χ3n) is 3.89. The van der Waals surface area contributed by atoms with Crippen molar-refractivity contribution >= 4 is 23.2 Å². The molecule has 0 spiro atoms. The van der Waals surface area contributed by atoms with E-state index in [1.807, 2.05) is 19.9 Å². The Labute approximate surface area is 125 Å². The van der Waals surface area contributed by atoms with Crippen molar-refractivity contribution in [2.45, 2.75) is 33.1 Å². The molecule has 0 bridgehead atoms. The van der Waals surface area contributed by atoms with Crippen LogP contribution in [0.3, 0.4) is 0 Å². The molecule has 1 N–H and O–H groups in total. The Morgan fingerprint density at radius 2 is 2.10 bits per heavy atom. The number of carbonyl (C=O) groups excluding carboxylic acids is 2. The highest BCUT2D eigenvalue weighted by Gasteiger charge is 2.21. The lowest BCUT2D eigenvalue weighted by molar-refractivity contribution is -0.120. The quantitative estimate of drug-likeness (QED) is 0.927. The van der Waals surface area contributed by atoms with E-state index < -0.39 is 0 Å². The van der Waals surface area contributed by atoms with Crippen molar-refractivity contribution in [3.05, 3.63) is 18.2 Å². The number of hydrogen-bond acceptors (Lipinski definition) is 3. The number of nitrogens with zero attached hydrogens (tertiary/aromatic N) is 1. The van der Waals surface area contributed by atoms with Gasteiger partial charge in [-0.25, -0.2) is 0 Å². The van der Waals surface area contributed by atoms with Crippen LogP contribution in [-0.2, 0) is 9.59 Å². The molecule has 0 unspecified atom stereocenters. The molecule has 0 aromatic heterocycles. The van der Waals surface area contributed by atoms with Crippen LogP contribution >= 0.6 is 0 Å². The van der Waals surface area contributed by atoms with Crippen molar-refractivity contribution in [3.8, 4) is 5.75 Å². The van der Waals surface area contributed by atoms with Gasteiger partial charge < -0.3 is 15.0 Å². The van der Waals surface area contributed by atoms with Gasteiger partial charge >= 0.3 is 0 Å². The first-order valence-corrected chi connectivity index (χ1v) is 7.41. The van der Waals surface area contributed by atoms with E-state index in [0.717, 1.165) is 12.8 Å². The van der Waals surface area contributed by atoms with Crippen molar-refractivity contribution in [1.82, 2.24) is 0 Å². The molecule has 0 radical (unpaired) electrons. The van der Waals surface area contributed by atoms with E-state index >= 15 is 0 Å². The van der Waals surface area contributed by atoms with Gasteiger partial charge in [0, 0.05) is 18.7 Å². The van der Waals surface area contributed by atoms with Gasteiger partial charge in [0.25, 0.3) is 0 Å². The van der Waals surface area contributed by atoms with Crippen LogP contribution in [0.4, 0.5) is 11.4 Å². The monoisotopic (exact) mass is 290 g/mol. The summed E-state index contributed by atoms with van der Waals surface area (Å²) in [5.74, 6) is 0.712. The highest BCUT2D eigenvalue weighted by molar-refractivity contribution is 5.97. The summed E-state index contributed by atoms with van der Waals surface area (Å²) in [5.41, 5.74) is 1.38. The molecular weight excluding hydrogens is 268 g/mol. The molecule has 1 aliphatic heterocycles. The fraction of sp³-hybridized carbons (Fsp3) is 0.500. The largest absolute Gasteiger partial charge is 0.491 e. The first-order valence-electron chi connectivity index (χ1n) is 7.41. The van der Waals surface area contributed by atoms with Crippen molar-refractivity contribution < 1.29 is 14.3 Å². The molecule has 21 heavy (non-hydrogen) atoms. The Morgan fingerprint density at radius 1 is 1.38 bits per heavy atom. The summed E-state index contributed by atoms with van der Waals surface area (Å²) < 4.78 is 5.56. The summed E-state index contributed by atoms with van der Waals surface area (Å²) in [6.07, 6.45) is 1.99. The summed E-state index contributed by atoms with van der Waals surface area (Å²) >= 11 is 0. The summed E-state index contributed by atoms with van der Waals surface area (Å²) in [6.45, 7) is 4.39. The molecule has 0 atom stereocenters. The maximum Gasteiger partial charge on any atom is 0.230 e. The Kier molecular flexibility index (Phi) is 4.83. The van der Waals surface area contributed by atoms with Crippen LogP contribution in [-0.4, -0.2) is 25.5 Å². The summed E-state index contributed by atoms with van der Waals surface area (Å²) in [6, 6.07) is 5.40. The smallest absolute Gasteiger partial charge is 0.230 e. The molecule has 0 saturated heterocycles. The highest BCUT2D eigenvalue weighted by atomic mass is 16.5. The second-order valence-corrected chi connectivity index (χ2v) is 5.24. The Bertz CT molecular complexity index is 538.